The minimum absolute atomic E-state index is 0.367. The predicted octanol–water partition coefficient (Wildman–Crippen LogP) is 12.8. The van der Waals surface area contributed by atoms with Crippen LogP contribution in [0.5, 0.6) is 11.5 Å². The van der Waals surface area contributed by atoms with Crippen LogP contribution in [0.2, 0.25) is 10.0 Å². The summed E-state index contributed by atoms with van der Waals surface area (Å²) in [6, 6.07) is 24.0. The summed E-state index contributed by atoms with van der Waals surface area (Å²) < 4.78 is 11.4. The number of hydrogen-bond acceptors (Lipinski definition) is 3. The van der Waals surface area contributed by atoms with Gasteiger partial charge in [-0.05, 0) is 137 Å². The molecule has 0 saturated heterocycles. The first-order chi connectivity index (χ1) is 23.9. The van der Waals surface area contributed by atoms with Gasteiger partial charge in [0.15, 0.2) is 0 Å². The Bertz CT molecular complexity index is 1890. The number of phenols is 1. The van der Waals surface area contributed by atoms with Crippen LogP contribution < -0.4 is 9.72 Å². The Labute approximate surface area is 346 Å². The van der Waals surface area contributed by atoms with Crippen molar-refractivity contribution in [1.29, 1.82) is 0 Å². The molecule has 0 spiro atoms. The number of fused-ring (bicyclic) bond motifs is 2. The zero-order valence-electron chi connectivity index (χ0n) is 28.8. The molecule has 1 heterocycles. The number of aromatic hydroxyl groups is 1. The smallest absolute Gasteiger partial charge is 0.0607 e. The van der Waals surface area contributed by atoms with Gasteiger partial charge in [-0.3, -0.25) is 0 Å². The molecule has 0 radical (unpaired) electrons. The number of hydrogen-bond donors (Lipinski definition) is 1. The average Bonchev–Trinajstić information content (AvgIpc) is 3.49. The van der Waals surface area contributed by atoms with Gasteiger partial charge >= 0.3 is 80.3 Å². The number of phenolic OH excluding ortho intramolecular Hbond substituents is 1. The SMILES string of the molecule is Cc1cc2c(cc1I)CCC[C@H]2c1c(O)c(I)cc2c1CCCC2.Cc1ccc(C)[n-]1.Clc1cccc(Cl)c1[N]=[W].[CH2-]c1ccccc1OC. The van der Waals surface area contributed by atoms with Gasteiger partial charge in [-0.15, -0.1) is 6.07 Å². The molecule has 5 aromatic rings. The summed E-state index contributed by atoms with van der Waals surface area (Å²) in [5.41, 5.74) is 12.3. The van der Waals surface area contributed by atoms with Gasteiger partial charge in [0.1, 0.15) is 5.75 Å². The molecule has 2 aliphatic rings. The predicted molar refractivity (Wildman–Crippen MR) is 221 cm³/mol. The maximum Gasteiger partial charge on any atom is 0.0607 e. The molecule has 0 unspecified atom stereocenters. The van der Waals surface area contributed by atoms with Gasteiger partial charge in [0, 0.05) is 20.8 Å². The first-order valence-corrected chi connectivity index (χ1v) is 20.8. The zero-order valence-corrected chi connectivity index (χ0v) is 37.6. The molecule has 9 heteroatoms. The molecular formula is C41H42Cl2I2N2O2W-2. The van der Waals surface area contributed by atoms with E-state index < -0.39 is 0 Å². The molecule has 50 heavy (non-hydrogen) atoms. The minimum atomic E-state index is 0.367. The monoisotopic (exact) mass is 1100 g/mol. The van der Waals surface area contributed by atoms with Crippen LogP contribution in [0, 0.1) is 34.8 Å². The summed E-state index contributed by atoms with van der Waals surface area (Å²) in [5.74, 6) is 1.76. The van der Waals surface area contributed by atoms with E-state index in [1.807, 2.05) is 50.2 Å². The van der Waals surface area contributed by atoms with Crippen LogP contribution in [-0.2, 0) is 38.9 Å². The van der Waals surface area contributed by atoms with Gasteiger partial charge < -0.3 is 14.8 Å². The van der Waals surface area contributed by atoms with Crippen LogP contribution in [-0.4, -0.2) is 12.2 Å². The van der Waals surface area contributed by atoms with Crippen molar-refractivity contribution in [2.24, 2.45) is 3.50 Å². The third-order valence-corrected chi connectivity index (χ3v) is 12.1. The van der Waals surface area contributed by atoms with E-state index in [1.165, 1.54) is 69.1 Å². The molecule has 264 valence electrons. The summed E-state index contributed by atoms with van der Waals surface area (Å²) in [4.78, 5) is 4.11. The van der Waals surface area contributed by atoms with Crippen molar-refractivity contribution in [3.63, 3.8) is 0 Å². The Hall–Kier alpha value is -1.84. The van der Waals surface area contributed by atoms with Crippen molar-refractivity contribution in [1.82, 2.24) is 4.98 Å². The summed E-state index contributed by atoms with van der Waals surface area (Å²) in [6.45, 7) is 9.96. The number of ether oxygens (including phenoxy) is 1. The van der Waals surface area contributed by atoms with Crippen LogP contribution in [0.3, 0.4) is 0 Å². The molecule has 0 bridgehead atoms. The summed E-state index contributed by atoms with van der Waals surface area (Å²) in [7, 11) is 1.64. The van der Waals surface area contributed by atoms with E-state index in [-0.39, 0.29) is 0 Å². The van der Waals surface area contributed by atoms with Gasteiger partial charge in [-0.1, -0.05) is 44.2 Å². The molecule has 0 saturated carbocycles. The quantitative estimate of drug-likeness (QED) is 0.145. The van der Waals surface area contributed by atoms with E-state index in [9.17, 15) is 5.11 Å². The van der Waals surface area contributed by atoms with Crippen molar-refractivity contribution >= 4 is 74.1 Å². The standard InChI is InChI=1S/C21H22I2O.C8H9O.C6H3Cl2N.C6H8N.W/c1-12-9-17-14(10-18(12)22)6-4-8-16(17)20-15-7-3-2-5-13(15)11-19(23)21(20)24;1-7-5-3-4-6-8(7)9-2;7-4-2-1-3-5(8)6(4)9;1-5-3-4-6(2)7-5;/h9-11,16,24H,2-8H2,1H3;3-6H,1H2,2H3;1-3H;3-4H,1-2H3;/q;-1;;-1;/t16-;;;;/m1..../s1. The number of benzene rings is 4. The third kappa shape index (κ3) is 10.8. The van der Waals surface area contributed by atoms with E-state index in [4.69, 9.17) is 27.9 Å². The number of halogens is 4. The Balaban J connectivity index is 0.000000177. The van der Waals surface area contributed by atoms with Crippen LogP contribution in [0.1, 0.15) is 81.9 Å². The molecular weight excluding hydrogens is 1060 g/mol. The van der Waals surface area contributed by atoms with Crippen LogP contribution in [0.15, 0.2) is 76.3 Å². The molecule has 1 aromatic heterocycles. The molecule has 0 fully saturated rings. The summed E-state index contributed by atoms with van der Waals surface area (Å²) >= 11 is 17.4. The molecule has 1 N–H and O–H groups in total. The first-order valence-electron chi connectivity index (χ1n) is 16.6. The third-order valence-electron chi connectivity index (χ3n) is 8.84. The van der Waals surface area contributed by atoms with E-state index in [0.29, 0.717) is 27.4 Å². The fourth-order valence-corrected chi connectivity index (χ4v) is 9.16. The van der Waals surface area contributed by atoms with Crippen LogP contribution in [0.4, 0.5) is 5.69 Å². The number of nitrogens with zero attached hydrogens (tertiary/aromatic N) is 2. The second kappa shape index (κ2) is 19.8. The summed E-state index contributed by atoms with van der Waals surface area (Å²) in [5, 5.41) is 12.2. The van der Waals surface area contributed by atoms with Crippen molar-refractivity contribution in [3.8, 4) is 11.5 Å². The van der Waals surface area contributed by atoms with Gasteiger partial charge in [0.05, 0.1) is 10.7 Å². The van der Waals surface area contributed by atoms with E-state index >= 15 is 0 Å². The second-order valence-corrected chi connectivity index (χ2v) is 16.2. The first kappa shape index (κ1) is 40.9. The van der Waals surface area contributed by atoms with Crippen molar-refractivity contribution < 1.29 is 29.5 Å². The van der Waals surface area contributed by atoms with Crippen LogP contribution in [0.25, 0.3) is 0 Å². The Morgan fingerprint density at radius 2 is 1.46 bits per heavy atom. The normalized spacial score (nSPS) is 14.3. The number of aryl methyl sites for hydroxylation is 5. The van der Waals surface area contributed by atoms with Crippen molar-refractivity contribution in [3.05, 3.63) is 147 Å². The Morgan fingerprint density at radius 3 is 2.02 bits per heavy atom. The molecule has 0 aliphatic heterocycles. The number of aromatic nitrogens is 1. The minimum Gasteiger partial charge on any atom is -0.554 e. The maximum atomic E-state index is 10.9. The van der Waals surface area contributed by atoms with Gasteiger partial charge in [0.25, 0.3) is 0 Å². The molecule has 4 aromatic carbocycles. The van der Waals surface area contributed by atoms with Crippen LogP contribution >= 0.6 is 68.4 Å². The van der Waals surface area contributed by atoms with E-state index in [0.717, 1.165) is 58.7 Å². The number of methoxy groups -OCH3 is 1. The van der Waals surface area contributed by atoms with E-state index in [2.05, 4.69) is 85.7 Å². The Morgan fingerprint density at radius 1 is 0.840 bits per heavy atom. The van der Waals surface area contributed by atoms with Crippen molar-refractivity contribution in [2.75, 3.05) is 7.11 Å². The Kier molecular flexibility index (Phi) is 16.2. The largest absolute Gasteiger partial charge is 0.554 e. The molecule has 2 aliphatic carbocycles. The number of para-hydroxylation sites is 1. The molecule has 0 amide bonds. The summed E-state index contributed by atoms with van der Waals surface area (Å²) in [6.07, 6.45) is 8.39. The molecule has 7 rings (SSSR count). The van der Waals surface area contributed by atoms with Gasteiger partial charge in [-0.25, -0.2) is 0 Å². The fourth-order valence-electron chi connectivity index (χ4n) is 6.37. The second-order valence-electron chi connectivity index (χ2n) is 12.4. The fraction of sp³-hybridized carbons (Fsp3) is 0.293. The number of rotatable bonds is 3. The molecule has 4 nitrogen and oxygen atoms in total. The zero-order chi connectivity index (χ0) is 36.4. The maximum absolute atomic E-state index is 10.9. The average molecular weight is 1100 g/mol. The van der Waals surface area contributed by atoms with Crippen molar-refractivity contribution in [2.45, 2.75) is 71.6 Å². The topological polar surface area (TPSA) is 55.9 Å². The van der Waals surface area contributed by atoms with Gasteiger partial charge in [0.2, 0.25) is 0 Å². The van der Waals surface area contributed by atoms with E-state index in [1.54, 1.807) is 25.3 Å². The molecule has 1 atom stereocenters. The van der Waals surface area contributed by atoms with Gasteiger partial charge in [-0.2, -0.15) is 29.9 Å².